The number of unbranched alkanes of at least 4 members (excludes halogenated alkanes) is 1. The smallest absolute Gasteiger partial charge is 0.244 e. The number of carbonyl (C=O) groups is 1. The van der Waals surface area contributed by atoms with Gasteiger partial charge in [-0.2, -0.15) is 0 Å². The Morgan fingerprint density at radius 1 is 1.20 bits per heavy atom. The largest absolute Gasteiger partial charge is 0.351 e. The third kappa shape index (κ3) is 4.64. The molecule has 0 radical (unpaired) electrons. The quantitative estimate of drug-likeness (QED) is 0.765. The van der Waals surface area contributed by atoms with Crippen molar-refractivity contribution < 1.29 is 4.79 Å². The molecule has 0 fully saturated rings. The zero-order valence-electron chi connectivity index (χ0n) is 13.0. The van der Waals surface area contributed by atoms with Crippen LogP contribution in [0, 0.1) is 0 Å². The first-order valence-corrected chi connectivity index (χ1v) is 7.67. The van der Waals surface area contributed by atoms with Gasteiger partial charge >= 0.3 is 0 Å². The van der Waals surface area contributed by atoms with Gasteiger partial charge in [0, 0.05) is 6.04 Å². The Balaban J connectivity index is 2.71. The number of benzene rings is 1. The summed E-state index contributed by atoms with van der Waals surface area (Å²) < 4.78 is 0. The van der Waals surface area contributed by atoms with E-state index >= 15 is 0 Å². The maximum absolute atomic E-state index is 12.5. The molecule has 3 N–H and O–H groups in total. The minimum absolute atomic E-state index is 0.0850. The van der Waals surface area contributed by atoms with Gasteiger partial charge in [0.2, 0.25) is 5.91 Å². The Labute approximate surface area is 122 Å². The second-order valence-electron chi connectivity index (χ2n) is 5.67. The lowest BCUT2D eigenvalue weighted by molar-refractivity contribution is -0.126. The van der Waals surface area contributed by atoms with Crippen molar-refractivity contribution in [2.45, 2.75) is 64.5 Å². The average molecular weight is 276 g/mol. The van der Waals surface area contributed by atoms with Crippen LogP contribution in [0.3, 0.4) is 0 Å². The minimum Gasteiger partial charge on any atom is -0.351 e. The minimum atomic E-state index is -0.973. The zero-order chi connectivity index (χ0) is 15.0. The fraction of sp³-hybridized carbons (Fsp3) is 0.588. The van der Waals surface area contributed by atoms with Crippen molar-refractivity contribution in [3.8, 4) is 0 Å². The van der Waals surface area contributed by atoms with E-state index in [1.54, 1.807) is 6.92 Å². The third-order valence-corrected chi connectivity index (χ3v) is 3.72. The molecule has 1 aromatic carbocycles. The van der Waals surface area contributed by atoms with Crippen LogP contribution in [0.2, 0.25) is 0 Å². The first-order valence-electron chi connectivity index (χ1n) is 7.67. The SMILES string of the molecule is CCCCC(CCC)NC(=O)C(C)(N)c1ccccc1. The number of amides is 1. The van der Waals surface area contributed by atoms with E-state index in [9.17, 15) is 4.79 Å². The Hall–Kier alpha value is -1.35. The molecular formula is C17H28N2O. The molecule has 1 rings (SSSR count). The molecule has 112 valence electrons. The fourth-order valence-electron chi connectivity index (χ4n) is 2.34. The molecular weight excluding hydrogens is 248 g/mol. The van der Waals surface area contributed by atoms with Crippen molar-refractivity contribution >= 4 is 5.91 Å². The summed E-state index contributed by atoms with van der Waals surface area (Å²) in [6, 6.07) is 9.79. The summed E-state index contributed by atoms with van der Waals surface area (Å²) in [6.45, 7) is 6.09. The van der Waals surface area contributed by atoms with Gasteiger partial charge in [0.25, 0.3) is 0 Å². The highest BCUT2D eigenvalue weighted by molar-refractivity contribution is 5.87. The number of hydrogen-bond donors (Lipinski definition) is 2. The van der Waals surface area contributed by atoms with Crippen LogP contribution in [0.1, 0.15) is 58.4 Å². The Morgan fingerprint density at radius 3 is 2.40 bits per heavy atom. The zero-order valence-corrected chi connectivity index (χ0v) is 13.0. The third-order valence-electron chi connectivity index (χ3n) is 3.72. The van der Waals surface area contributed by atoms with Gasteiger partial charge in [-0.05, 0) is 25.3 Å². The first-order chi connectivity index (χ1) is 9.52. The molecule has 0 aliphatic heterocycles. The molecule has 1 aromatic rings. The van der Waals surface area contributed by atoms with Crippen molar-refractivity contribution in [1.29, 1.82) is 0 Å². The highest BCUT2D eigenvalue weighted by atomic mass is 16.2. The van der Waals surface area contributed by atoms with Crippen LogP contribution in [-0.2, 0) is 10.3 Å². The van der Waals surface area contributed by atoms with E-state index in [1.165, 1.54) is 0 Å². The van der Waals surface area contributed by atoms with Gasteiger partial charge in [-0.3, -0.25) is 4.79 Å². The Morgan fingerprint density at radius 2 is 1.85 bits per heavy atom. The second-order valence-corrected chi connectivity index (χ2v) is 5.67. The van der Waals surface area contributed by atoms with E-state index in [-0.39, 0.29) is 11.9 Å². The molecule has 20 heavy (non-hydrogen) atoms. The van der Waals surface area contributed by atoms with E-state index in [4.69, 9.17) is 5.73 Å². The van der Waals surface area contributed by atoms with Crippen molar-refractivity contribution in [2.24, 2.45) is 5.73 Å². The standard InChI is InChI=1S/C17H28N2O/c1-4-6-13-15(10-5-2)19-16(20)17(3,18)14-11-8-7-9-12-14/h7-9,11-12,15H,4-6,10,13,18H2,1-3H3,(H,19,20). The normalized spacial score (nSPS) is 15.4. The van der Waals surface area contributed by atoms with Crippen LogP contribution in [0.4, 0.5) is 0 Å². The summed E-state index contributed by atoms with van der Waals surface area (Å²) in [5, 5.41) is 3.13. The second kappa shape index (κ2) is 8.05. The van der Waals surface area contributed by atoms with Crippen molar-refractivity contribution in [3.05, 3.63) is 35.9 Å². The summed E-state index contributed by atoms with van der Waals surface area (Å²) >= 11 is 0. The molecule has 0 spiro atoms. The maximum Gasteiger partial charge on any atom is 0.244 e. The van der Waals surface area contributed by atoms with E-state index in [0.29, 0.717) is 0 Å². The summed E-state index contributed by atoms with van der Waals surface area (Å²) in [6.07, 6.45) is 5.39. The van der Waals surface area contributed by atoms with Crippen LogP contribution in [0.25, 0.3) is 0 Å². The summed E-state index contributed by atoms with van der Waals surface area (Å²) in [4.78, 5) is 12.5. The van der Waals surface area contributed by atoms with Crippen LogP contribution >= 0.6 is 0 Å². The molecule has 3 nitrogen and oxygen atoms in total. The molecule has 3 heteroatoms. The highest BCUT2D eigenvalue weighted by Crippen LogP contribution is 2.18. The molecule has 2 unspecified atom stereocenters. The number of nitrogens with two attached hydrogens (primary N) is 1. The van der Waals surface area contributed by atoms with Gasteiger partial charge in [0.05, 0.1) is 0 Å². The number of nitrogens with one attached hydrogen (secondary N) is 1. The van der Waals surface area contributed by atoms with E-state index < -0.39 is 5.54 Å². The fourth-order valence-corrected chi connectivity index (χ4v) is 2.34. The number of rotatable bonds is 8. The van der Waals surface area contributed by atoms with E-state index in [2.05, 4.69) is 19.2 Å². The topological polar surface area (TPSA) is 55.1 Å². The predicted molar refractivity (Wildman–Crippen MR) is 84.3 cm³/mol. The van der Waals surface area contributed by atoms with Crippen LogP contribution in [-0.4, -0.2) is 11.9 Å². The van der Waals surface area contributed by atoms with Gasteiger partial charge in [-0.15, -0.1) is 0 Å². The molecule has 0 saturated carbocycles. The first kappa shape index (κ1) is 16.7. The molecule has 0 saturated heterocycles. The lowest BCUT2D eigenvalue weighted by Crippen LogP contribution is -2.51. The monoisotopic (exact) mass is 276 g/mol. The van der Waals surface area contributed by atoms with Gasteiger partial charge in [-0.1, -0.05) is 63.4 Å². The lowest BCUT2D eigenvalue weighted by atomic mass is 9.91. The van der Waals surface area contributed by atoms with Crippen molar-refractivity contribution in [2.75, 3.05) is 0 Å². The summed E-state index contributed by atoms with van der Waals surface area (Å²) in [7, 11) is 0. The maximum atomic E-state index is 12.5. The Kier molecular flexibility index (Phi) is 6.73. The number of carbonyl (C=O) groups excluding carboxylic acids is 1. The number of hydrogen-bond acceptors (Lipinski definition) is 2. The molecule has 0 aromatic heterocycles. The van der Waals surface area contributed by atoms with Crippen molar-refractivity contribution in [1.82, 2.24) is 5.32 Å². The van der Waals surface area contributed by atoms with Crippen LogP contribution in [0.15, 0.2) is 30.3 Å². The average Bonchev–Trinajstić information content (AvgIpc) is 2.45. The predicted octanol–water partition coefficient (Wildman–Crippen LogP) is 3.34. The van der Waals surface area contributed by atoms with Gasteiger partial charge < -0.3 is 11.1 Å². The molecule has 0 aliphatic rings. The van der Waals surface area contributed by atoms with Gasteiger partial charge in [-0.25, -0.2) is 0 Å². The molecule has 1 amide bonds. The highest BCUT2D eigenvalue weighted by Gasteiger charge is 2.31. The lowest BCUT2D eigenvalue weighted by Gasteiger charge is -2.27. The molecule has 2 atom stereocenters. The van der Waals surface area contributed by atoms with Gasteiger partial charge in [0.15, 0.2) is 0 Å². The van der Waals surface area contributed by atoms with E-state index in [0.717, 1.165) is 37.7 Å². The van der Waals surface area contributed by atoms with Gasteiger partial charge in [0.1, 0.15) is 5.54 Å². The molecule has 0 aliphatic carbocycles. The van der Waals surface area contributed by atoms with Crippen molar-refractivity contribution in [3.63, 3.8) is 0 Å². The Bertz CT molecular complexity index is 401. The van der Waals surface area contributed by atoms with Crippen LogP contribution in [0.5, 0.6) is 0 Å². The molecule has 0 bridgehead atoms. The van der Waals surface area contributed by atoms with E-state index in [1.807, 2.05) is 30.3 Å². The summed E-state index contributed by atoms with van der Waals surface area (Å²) in [5.41, 5.74) is 6.12. The summed E-state index contributed by atoms with van der Waals surface area (Å²) in [5.74, 6) is -0.0850. The van der Waals surface area contributed by atoms with Crippen LogP contribution < -0.4 is 11.1 Å². The molecule has 0 heterocycles.